The lowest BCUT2D eigenvalue weighted by molar-refractivity contribution is 0.249. The number of nitrogens with zero attached hydrogens (tertiary/aromatic N) is 1. The van der Waals surface area contributed by atoms with E-state index in [2.05, 4.69) is 42.4 Å². The number of hydrogen-bond acceptors (Lipinski definition) is 3. The van der Waals surface area contributed by atoms with Crippen LogP contribution in [0, 0.1) is 0 Å². The van der Waals surface area contributed by atoms with E-state index in [1.54, 1.807) is 0 Å². The second-order valence-electron chi connectivity index (χ2n) is 4.32. The van der Waals surface area contributed by atoms with Crippen molar-refractivity contribution in [3.63, 3.8) is 0 Å². The number of primary amides is 1. The minimum atomic E-state index is -0.711. The minimum absolute atomic E-state index is 0.467. The molecule has 0 saturated carbocycles. The Kier molecular flexibility index (Phi) is 5.97. The van der Waals surface area contributed by atoms with Gasteiger partial charge in [0.25, 0.3) is 0 Å². The van der Waals surface area contributed by atoms with E-state index in [0.29, 0.717) is 12.4 Å². The normalized spacial score (nSPS) is 10.6. The molecule has 0 aliphatic heterocycles. The van der Waals surface area contributed by atoms with Crippen molar-refractivity contribution in [1.82, 2.24) is 5.43 Å². The molecule has 2 rings (SSSR count). The van der Waals surface area contributed by atoms with Gasteiger partial charge in [-0.15, -0.1) is 0 Å². The number of carbonyl (C=O) groups excluding carboxylic acids is 1. The highest BCUT2D eigenvalue weighted by molar-refractivity contribution is 9.11. The molecule has 0 heterocycles. The number of carbonyl (C=O) groups is 1. The van der Waals surface area contributed by atoms with Crippen molar-refractivity contribution in [3.8, 4) is 5.75 Å². The van der Waals surface area contributed by atoms with Crippen LogP contribution in [0.3, 0.4) is 0 Å². The van der Waals surface area contributed by atoms with Gasteiger partial charge >= 0.3 is 6.03 Å². The number of urea groups is 1. The van der Waals surface area contributed by atoms with Gasteiger partial charge in [0.2, 0.25) is 0 Å². The Labute approximate surface area is 144 Å². The smallest absolute Gasteiger partial charge is 0.332 e. The maximum Gasteiger partial charge on any atom is 0.332 e. The average Bonchev–Trinajstić information content (AvgIpc) is 2.47. The standard InChI is InChI=1S/C15H13Br2N3O2/c16-12-6-11(8-19-20-15(18)21)7-13(17)14(12)22-9-10-4-2-1-3-5-10/h1-8H,9H2,(H3,18,20,21). The predicted molar refractivity (Wildman–Crippen MR) is 92.9 cm³/mol. The van der Waals surface area contributed by atoms with Gasteiger partial charge in [-0.25, -0.2) is 10.2 Å². The first-order chi connectivity index (χ1) is 10.6. The van der Waals surface area contributed by atoms with Crippen LogP contribution < -0.4 is 15.9 Å². The lowest BCUT2D eigenvalue weighted by Gasteiger charge is -2.11. The molecule has 0 aliphatic rings. The zero-order valence-electron chi connectivity index (χ0n) is 11.4. The van der Waals surface area contributed by atoms with Gasteiger partial charge in [0, 0.05) is 0 Å². The number of nitrogens with one attached hydrogen (secondary N) is 1. The molecule has 0 aliphatic carbocycles. The first kappa shape index (κ1) is 16.5. The molecule has 0 saturated heterocycles. The molecular weight excluding hydrogens is 414 g/mol. The third-order valence-electron chi connectivity index (χ3n) is 2.63. The van der Waals surface area contributed by atoms with Crippen LogP contribution in [0.1, 0.15) is 11.1 Å². The first-order valence-corrected chi connectivity index (χ1v) is 7.89. The van der Waals surface area contributed by atoms with Crippen molar-refractivity contribution in [2.45, 2.75) is 6.61 Å². The van der Waals surface area contributed by atoms with Crippen molar-refractivity contribution in [2.75, 3.05) is 0 Å². The molecule has 2 amide bonds. The minimum Gasteiger partial charge on any atom is -0.487 e. The van der Waals surface area contributed by atoms with Crippen molar-refractivity contribution in [1.29, 1.82) is 0 Å². The van der Waals surface area contributed by atoms with E-state index < -0.39 is 6.03 Å². The summed E-state index contributed by atoms with van der Waals surface area (Å²) in [4.78, 5) is 10.6. The summed E-state index contributed by atoms with van der Waals surface area (Å²) in [7, 11) is 0. The van der Waals surface area contributed by atoms with E-state index in [0.717, 1.165) is 20.1 Å². The zero-order valence-corrected chi connectivity index (χ0v) is 14.6. The summed E-state index contributed by atoms with van der Waals surface area (Å²) in [5.74, 6) is 0.698. The Hall–Kier alpha value is -1.86. The molecule has 2 aromatic rings. The van der Waals surface area contributed by atoms with Crippen LogP contribution in [0.5, 0.6) is 5.75 Å². The van der Waals surface area contributed by atoms with Crippen LogP contribution in [0.4, 0.5) is 4.79 Å². The van der Waals surface area contributed by atoms with Crippen LogP contribution in [-0.4, -0.2) is 12.2 Å². The first-order valence-electron chi connectivity index (χ1n) is 6.30. The van der Waals surface area contributed by atoms with Crippen LogP contribution >= 0.6 is 31.9 Å². The van der Waals surface area contributed by atoms with E-state index in [1.165, 1.54) is 6.21 Å². The Morgan fingerprint density at radius 2 is 1.86 bits per heavy atom. The van der Waals surface area contributed by atoms with E-state index >= 15 is 0 Å². The van der Waals surface area contributed by atoms with Gasteiger partial charge in [-0.1, -0.05) is 30.3 Å². The van der Waals surface area contributed by atoms with Gasteiger partial charge < -0.3 is 10.5 Å². The topological polar surface area (TPSA) is 76.7 Å². The molecular formula is C15H13Br2N3O2. The Bertz CT molecular complexity index is 667. The molecule has 0 bridgehead atoms. The fourth-order valence-corrected chi connectivity index (χ4v) is 3.14. The van der Waals surface area contributed by atoms with Crippen LogP contribution in [0.15, 0.2) is 56.5 Å². The van der Waals surface area contributed by atoms with Crippen molar-refractivity contribution < 1.29 is 9.53 Å². The van der Waals surface area contributed by atoms with Crippen LogP contribution in [0.25, 0.3) is 0 Å². The molecule has 0 radical (unpaired) electrons. The van der Waals surface area contributed by atoms with Gasteiger partial charge in [0.05, 0.1) is 15.2 Å². The highest BCUT2D eigenvalue weighted by Crippen LogP contribution is 2.35. The summed E-state index contributed by atoms with van der Waals surface area (Å²) < 4.78 is 7.38. The zero-order chi connectivity index (χ0) is 15.9. The van der Waals surface area contributed by atoms with Crippen molar-refractivity contribution in [2.24, 2.45) is 10.8 Å². The second kappa shape index (κ2) is 7.95. The van der Waals surface area contributed by atoms with Gasteiger partial charge in [-0.3, -0.25) is 0 Å². The fraction of sp³-hybridized carbons (Fsp3) is 0.0667. The molecule has 2 aromatic carbocycles. The summed E-state index contributed by atoms with van der Waals surface area (Å²) in [6, 6.07) is 12.8. The number of halogens is 2. The molecule has 0 atom stereocenters. The van der Waals surface area contributed by atoms with Crippen molar-refractivity contribution in [3.05, 3.63) is 62.5 Å². The molecule has 22 heavy (non-hydrogen) atoms. The SMILES string of the molecule is NC(=O)NN=Cc1cc(Br)c(OCc2ccccc2)c(Br)c1. The number of hydrazone groups is 1. The molecule has 0 aromatic heterocycles. The average molecular weight is 427 g/mol. The monoisotopic (exact) mass is 425 g/mol. The largest absolute Gasteiger partial charge is 0.487 e. The van der Waals surface area contributed by atoms with E-state index in [9.17, 15) is 4.79 Å². The molecule has 0 fully saturated rings. The fourth-order valence-electron chi connectivity index (χ4n) is 1.69. The van der Waals surface area contributed by atoms with Gasteiger partial charge in [0.1, 0.15) is 12.4 Å². The highest BCUT2D eigenvalue weighted by Gasteiger charge is 2.08. The summed E-state index contributed by atoms with van der Waals surface area (Å²) >= 11 is 6.93. The Morgan fingerprint density at radius 3 is 2.45 bits per heavy atom. The molecule has 0 unspecified atom stereocenters. The molecule has 114 valence electrons. The number of ether oxygens (including phenoxy) is 1. The molecule has 5 nitrogen and oxygen atoms in total. The number of nitrogens with two attached hydrogens (primary N) is 1. The van der Waals surface area contributed by atoms with Gasteiger partial charge in [-0.05, 0) is 55.1 Å². The maximum atomic E-state index is 10.6. The number of rotatable bonds is 5. The molecule has 7 heteroatoms. The Morgan fingerprint density at radius 1 is 1.23 bits per heavy atom. The summed E-state index contributed by atoms with van der Waals surface area (Å²) in [6.07, 6.45) is 1.49. The second-order valence-corrected chi connectivity index (χ2v) is 6.03. The van der Waals surface area contributed by atoms with E-state index in [1.807, 2.05) is 42.5 Å². The number of amides is 2. The lowest BCUT2D eigenvalue weighted by atomic mass is 10.2. The third kappa shape index (κ3) is 4.85. The lowest BCUT2D eigenvalue weighted by Crippen LogP contribution is -2.24. The highest BCUT2D eigenvalue weighted by atomic mass is 79.9. The molecule has 3 N–H and O–H groups in total. The van der Waals surface area contributed by atoms with Crippen LogP contribution in [0.2, 0.25) is 0 Å². The summed E-state index contributed by atoms with van der Waals surface area (Å²) in [5.41, 5.74) is 8.93. The quantitative estimate of drug-likeness (QED) is 0.563. The number of hydrogen-bond donors (Lipinski definition) is 2. The van der Waals surface area contributed by atoms with Crippen LogP contribution in [-0.2, 0) is 6.61 Å². The van der Waals surface area contributed by atoms with Gasteiger partial charge in [0.15, 0.2) is 0 Å². The maximum absolute atomic E-state index is 10.6. The van der Waals surface area contributed by atoms with Crippen molar-refractivity contribution >= 4 is 44.1 Å². The molecule has 0 spiro atoms. The van der Waals surface area contributed by atoms with Gasteiger partial charge in [-0.2, -0.15) is 5.10 Å². The Balaban J connectivity index is 2.09. The number of benzene rings is 2. The van der Waals surface area contributed by atoms with E-state index in [-0.39, 0.29) is 0 Å². The predicted octanol–water partition coefficient (Wildman–Crippen LogP) is 3.79. The third-order valence-corrected chi connectivity index (χ3v) is 3.81. The van der Waals surface area contributed by atoms with E-state index in [4.69, 9.17) is 10.5 Å². The summed E-state index contributed by atoms with van der Waals surface area (Å²) in [6.45, 7) is 0.467. The summed E-state index contributed by atoms with van der Waals surface area (Å²) in [5, 5.41) is 3.71.